The first-order valence-corrected chi connectivity index (χ1v) is 9.94. The summed E-state index contributed by atoms with van der Waals surface area (Å²) >= 11 is 12.6. The van der Waals surface area contributed by atoms with Gasteiger partial charge in [0.1, 0.15) is 6.04 Å². The second-order valence-electron chi connectivity index (χ2n) is 6.66. The van der Waals surface area contributed by atoms with Gasteiger partial charge in [0.25, 0.3) is 0 Å². The molecule has 1 fully saturated rings. The fourth-order valence-corrected chi connectivity index (χ4v) is 3.78. The van der Waals surface area contributed by atoms with Crippen molar-refractivity contribution < 1.29 is 9.53 Å². The van der Waals surface area contributed by atoms with Crippen molar-refractivity contribution in [1.82, 2.24) is 9.80 Å². The zero-order valence-corrected chi connectivity index (χ0v) is 16.9. The Hall–Kier alpha value is -1.59. The molecule has 2 aromatic rings. The van der Waals surface area contributed by atoms with Crippen LogP contribution in [-0.4, -0.2) is 48.1 Å². The maximum atomic E-state index is 12.6. The molecule has 0 N–H and O–H groups in total. The Labute approximate surface area is 170 Å². The van der Waals surface area contributed by atoms with Crippen molar-refractivity contribution in [2.24, 2.45) is 0 Å². The minimum Gasteiger partial charge on any atom is -0.465 e. The number of benzene rings is 2. The summed E-state index contributed by atoms with van der Waals surface area (Å²) in [5.74, 6) is -0.187. The fourth-order valence-electron chi connectivity index (χ4n) is 3.38. The lowest BCUT2D eigenvalue weighted by atomic mass is 10.1. The Kier molecular flexibility index (Phi) is 7.13. The maximum absolute atomic E-state index is 12.6. The van der Waals surface area contributed by atoms with E-state index in [1.807, 2.05) is 55.5 Å². The molecule has 0 amide bonds. The van der Waals surface area contributed by atoms with Crippen LogP contribution < -0.4 is 0 Å². The molecular weight excluding hydrogens is 383 g/mol. The molecule has 0 radical (unpaired) electrons. The van der Waals surface area contributed by atoms with Crippen LogP contribution in [0.5, 0.6) is 0 Å². The predicted octanol–water partition coefficient (Wildman–Crippen LogP) is 4.24. The quantitative estimate of drug-likeness (QED) is 0.671. The number of rotatable bonds is 6. The Morgan fingerprint density at radius 1 is 1.00 bits per heavy atom. The molecule has 6 heteroatoms. The highest BCUT2D eigenvalue weighted by Crippen LogP contribution is 2.23. The van der Waals surface area contributed by atoms with Crippen LogP contribution in [0, 0.1) is 0 Å². The average molecular weight is 407 g/mol. The van der Waals surface area contributed by atoms with E-state index in [4.69, 9.17) is 27.9 Å². The zero-order chi connectivity index (χ0) is 19.2. The Bertz CT molecular complexity index is 784. The van der Waals surface area contributed by atoms with Crippen LogP contribution in [0.2, 0.25) is 10.0 Å². The molecule has 1 aliphatic rings. The molecule has 0 aromatic heterocycles. The van der Waals surface area contributed by atoms with Crippen LogP contribution in [0.1, 0.15) is 18.1 Å². The molecular formula is C21H24Cl2N2O2. The second-order valence-corrected chi connectivity index (χ2v) is 7.47. The van der Waals surface area contributed by atoms with Crippen molar-refractivity contribution >= 4 is 29.2 Å². The van der Waals surface area contributed by atoms with Crippen molar-refractivity contribution in [2.75, 3.05) is 26.2 Å². The van der Waals surface area contributed by atoms with Crippen LogP contribution in [0.15, 0.2) is 48.5 Å². The average Bonchev–Trinajstić information content (AvgIpc) is 2.66. The molecule has 1 atom stereocenters. The van der Waals surface area contributed by atoms with E-state index in [1.54, 1.807) is 0 Å². The lowest BCUT2D eigenvalue weighted by molar-refractivity contribution is -0.152. The SMILES string of the molecule is CCOC(=O)C1CN(Cc2ccccc2Cl)CCN1Cc1ccccc1Cl. The number of esters is 1. The van der Waals surface area contributed by atoms with Crippen LogP contribution in [0.25, 0.3) is 0 Å². The van der Waals surface area contributed by atoms with Crippen LogP contribution in [-0.2, 0) is 22.6 Å². The van der Waals surface area contributed by atoms with Gasteiger partial charge in [-0.15, -0.1) is 0 Å². The molecule has 1 unspecified atom stereocenters. The third-order valence-corrected chi connectivity index (χ3v) is 5.55. The molecule has 144 valence electrons. The van der Waals surface area contributed by atoms with Crippen LogP contribution >= 0.6 is 23.2 Å². The van der Waals surface area contributed by atoms with Gasteiger partial charge in [-0.3, -0.25) is 14.6 Å². The normalized spacial score (nSPS) is 18.4. The van der Waals surface area contributed by atoms with Gasteiger partial charge in [0.05, 0.1) is 6.61 Å². The van der Waals surface area contributed by atoms with Gasteiger partial charge in [0.2, 0.25) is 0 Å². The number of nitrogens with zero attached hydrogens (tertiary/aromatic N) is 2. The van der Waals surface area contributed by atoms with Crippen LogP contribution in [0.3, 0.4) is 0 Å². The molecule has 27 heavy (non-hydrogen) atoms. The van der Waals surface area contributed by atoms with Crippen molar-refractivity contribution in [3.05, 3.63) is 69.7 Å². The minimum atomic E-state index is -0.322. The van der Waals surface area contributed by atoms with Gasteiger partial charge < -0.3 is 4.74 Å². The first kappa shape index (κ1) is 20.2. The van der Waals surface area contributed by atoms with E-state index in [0.29, 0.717) is 19.7 Å². The molecule has 2 aromatic carbocycles. The zero-order valence-electron chi connectivity index (χ0n) is 15.4. The Balaban J connectivity index is 1.73. The van der Waals surface area contributed by atoms with Gasteiger partial charge in [-0.25, -0.2) is 0 Å². The summed E-state index contributed by atoms with van der Waals surface area (Å²) in [5, 5.41) is 1.47. The van der Waals surface area contributed by atoms with E-state index in [-0.39, 0.29) is 12.0 Å². The summed E-state index contributed by atoms with van der Waals surface area (Å²) in [4.78, 5) is 17.0. The number of hydrogen-bond acceptors (Lipinski definition) is 4. The number of carbonyl (C=O) groups is 1. The van der Waals surface area contributed by atoms with Crippen molar-refractivity contribution in [3.8, 4) is 0 Å². The molecule has 0 saturated carbocycles. The molecule has 1 heterocycles. The number of halogens is 2. The first-order valence-electron chi connectivity index (χ1n) is 9.18. The monoisotopic (exact) mass is 406 g/mol. The van der Waals surface area contributed by atoms with E-state index >= 15 is 0 Å². The molecule has 3 rings (SSSR count). The number of hydrogen-bond donors (Lipinski definition) is 0. The van der Waals surface area contributed by atoms with Crippen molar-refractivity contribution in [2.45, 2.75) is 26.1 Å². The van der Waals surface area contributed by atoms with Gasteiger partial charge >= 0.3 is 5.97 Å². The molecule has 1 saturated heterocycles. The van der Waals surface area contributed by atoms with E-state index in [1.165, 1.54) is 0 Å². The number of carbonyl (C=O) groups excluding carboxylic acids is 1. The highest BCUT2D eigenvalue weighted by Gasteiger charge is 2.33. The Morgan fingerprint density at radius 3 is 2.19 bits per heavy atom. The summed E-state index contributed by atoms with van der Waals surface area (Å²) in [6, 6.07) is 15.3. The summed E-state index contributed by atoms with van der Waals surface area (Å²) in [6.07, 6.45) is 0. The number of piperazine rings is 1. The van der Waals surface area contributed by atoms with Gasteiger partial charge in [0, 0.05) is 42.8 Å². The summed E-state index contributed by atoms with van der Waals surface area (Å²) in [7, 11) is 0. The third kappa shape index (κ3) is 5.23. The largest absolute Gasteiger partial charge is 0.465 e. The van der Waals surface area contributed by atoms with Gasteiger partial charge in [-0.05, 0) is 30.2 Å². The highest BCUT2D eigenvalue weighted by atomic mass is 35.5. The fraction of sp³-hybridized carbons (Fsp3) is 0.381. The Morgan fingerprint density at radius 2 is 1.59 bits per heavy atom. The molecule has 1 aliphatic heterocycles. The topological polar surface area (TPSA) is 32.8 Å². The third-order valence-electron chi connectivity index (χ3n) is 4.82. The summed E-state index contributed by atoms with van der Waals surface area (Å²) < 4.78 is 5.34. The summed E-state index contributed by atoms with van der Waals surface area (Å²) in [5.41, 5.74) is 2.09. The standard InChI is InChI=1S/C21H24Cl2N2O2/c1-2-27-21(26)20-15-24(13-16-7-3-5-9-18(16)22)11-12-25(20)14-17-8-4-6-10-19(17)23/h3-10,20H,2,11-15H2,1H3. The lowest BCUT2D eigenvalue weighted by Gasteiger charge is -2.40. The molecule has 0 spiro atoms. The van der Waals surface area contributed by atoms with E-state index < -0.39 is 0 Å². The van der Waals surface area contributed by atoms with Crippen molar-refractivity contribution in [1.29, 1.82) is 0 Å². The number of ether oxygens (including phenoxy) is 1. The smallest absolute Gasteiger partial charge is 0.324 e. The first-order chi connectivity index (χ1) is 13.1. The molecule has 0 bridgehead atoms. The van der Waals surface area contributed by atoms with Gasteiger partial charge in [-0.2, -0.15) is 0 Å². The highest BCUT2D eigenvalue weighted by molar-refractivity contribution is 6.31. The van der Waals surface area contributed by atoms with E-state index in [9.17, 15) is 4.79 Å². The lowest BCUT2D eigenvalue weighted by Crippen LogP contribution is -2.56. The minimum absolute atomic E-state index is 0.187. The maximum Gasteiger partial charge on any atom is 0.324 e. The molecule has 4 nitrogen and oxygen atoms in total. The second kappa shape index (κ2) is 9.56. The van der Waals surface area contributed by atoms with E-state index in [2.05, 4.69) is 9.80 Å². The van der Waals surface area contributed by atoms with Gasteiger partial charge in [-0.1, -0.05) is 59.6 Å². The van der Waals surface area contributed by atoms with Gasteiger partial charge in [0.15, 0.2) is 0 Å². The molecule has 0 aliphatic carbocycles. The van der Waals surface area contributed by atoms with E-state index in [0.717, 1.165) is 40.8 Å². The van der Waals surface area contributed by atoms with Crippen LogP contribution in [0.4, 0.5) is 0 Å². The van der Waals surface area contributed by atoms with Crippen molar-refractivity contribution in [3.63, 3.8) is 0 Å². The predicted molar refractivity (Wildman–Crippen MR) is 109 cm³/mol. The summed E-state index contributed by atoms with van der Waals surface area (Å²) in [6.45, 7) is 5.78.